The Balaban J connectivity index is 2.09. The molecule has 0 aliphatic rings. The van der Waals surface area contributed by atoms with Crippen LogP contribution in [-0.2, 0) is 11.5 Å². The zero-order valence-corrected chi connectivity index (χ0v) is 16.5. The van der Waals surface area contributed by atoms with Crippen LogP contribution in [0.4, 0.5) is 11.8 Å². The van der Waals surface area contributed by atoms with Crippen LogP contribution in [0.1, 0.15) is 29.8 Å². The molecule has 0 amide bonds. The number of aromatic nitrogens is 3. The lowest BCUT2D eigenvalue weighted by molar-refractivity contribution is 0.719. The molecule has 0 aliphatic carbocycles. The van der Waals surface area contributed by atoms with Crippen molar-refractivity contribution in [3.05, 3.63) is 57.6 Å². The molecule has 3 rings (SSSR count). The number of nitrogens with zero attached hydrogens (tertiary/aromatic N) is 4. The Morgan fingerprint density at radius 2 is 2.23 bits per heavy atom. The summed E-state index contributed by atoms with van der Waals surface area (Å²) in [6.45, 7) is 1.90. The van der Waals surface area contributed by atoms with Crippen LogP contribution >= 0.6 is 22.6 Å². The number of rotatable bonds is 4. The van der Waals surface area contributed by atoms with Gasteiger partial charge < -0.3 is 15.6 Å². The maximum atomic E-state index is 12.9. The molecule has 3 N–H and O–H groups in total. The largest absolute Gasteiger partial charge is 0.368 e. The van der Waals surface area contributed by atoms with Crippen LogP contribution < -0.4 is 16.6 Å². The number of nitriles is 1. The topological polar surface area (TPSA) is 110 Å². The number of nitrogen functional groups attached to an aromatic ring is 1. The molecule has 8 heteroatoms. The van der Waals surface area contributed by atoms with Crippen LogP contribution in [0, 0.1) is 11.3 Å². The van der Waals surface area contributed by atoms with Crippen molar-refractivity contribution >= 4 is 45.1 Å². The molecular formula is C18H17IN6O. The number of nitrogens with one attached hydrogen (secondary N) is 1. The first-order valence-electron chi connectivity index (χ1n) is 7.93. The maximum absolute atomic E-state index is 12.9. The summed E-state index contributed by atoms with van der Waals surface area (Å²) in [6.07, 6.45) is 1.38. The minimum Gasteiger partial charge on any atom is -0.368 e. The van der Waals surface area contributed by atoms with E-state index >= 15 is 0 Å². The number of pyridine rings is 1. The first kappa shape index (κ1) is 18.1. The zero-order valence-electron chi connectivity index (χ0n) is 14.3. The monoisotopic (exact) mass is 460 g/mol. The van der Waals surface area contributed by atoms with Crippen LogP contribution in [0.3, 0.4) is 0 Å². The highest BCUT2D eigenvalue weighted by Gasteiger charge is 2.16. The Labute approximate surface area is 164 Å². The van der Waals surface area contributed by atoms with E-state index in [0.29, 0.717) is 11.4 Å². The van der Waals surface area contributed by atoms with Crippen molar-refractivity contribution in [1.82, 2.24) is 14.5 Å². The minimum atomic E-state index is -0.262. The summed E-state index contributed by atoms with van der Waals surface area (Å²) in [4.78, 5) is 20.8. The standard InChI is InChI=1S/C18H17IN6O/c1-10(23-16-13(8-20)9-22-18(21)24-16)14-6-11-4-3-5-12(7-19)15(11)17(26)25(14)2/h3-6,9-10H,7H2,1-2H3,(H3,21,22,23,24)/t10-/m0/s1. The third-order valence-corrected chi connectivity index (χ3v) is 5.08. The summed E-state index contributed by atoms with van der Waals surface area (Å²) in [5, 5.41) is 14.0. The van der Waals surface area contributed by atoms with Crippen LogP contribution in [0.25, 0.3) is 10.8 Å². The Hall–Kier alpha value is -2.67. The lowest BCUT2D eigenvalue weighted by Crippen LogP contribution is -2.25. The van der Waals surface area contributed by atoms with Crippen LogP contribution in [0.5, 0.6) is 0 Å². The molecule has 0 unspecified atom stereocenters. The van der Waals surface area contributed by atoms with Crippen LogP contribution in [0.2, 0.25) is 0 Å². The van der Waals surface area contributed by atoms with Gasteiger partial charge in [-0.15, -0.1) is 0 Å². The summed E-state index contributed by atoms with van der Waals surface area (Å²) in [5.41, 5.74) is 7.69. The third kappa shape index (κ3) is 3.22. The first-order chi connectivity index (χ1) is 12.5. The second-order valence-corrected chi connectivity index (χ2v) is 6.68. The molecule has 2 heterocycles. The lowest BCUT2D eigenvalue weighted by atomic mass is 10.0. The van der Waals surface area contributed by atoms with E-state index in [9.17, 15) is 10.1 Å². The van der Waals surface area contributed by atoms with E-state index in [-0.39, 0.29) is 17.5 Å². The summed E-state index contributed by atoms with van der Waals surface area (Å²) in [7, 11) is 1.75. The third-order valence-electron chi connectivity index (χ3n) is 4.26. The highest BCUT2D eigenvalue weighted by molar-refractivity contribution is 14.1. The van der Waals surface area contributed by atoms with E-state index < -0.39 is 0 Å². The molecule has 0 aliphatic heterocycles. The Bertz CT molecular complexity index is 1090. The van der Waals surface area contributed by atoms with Gasteiger partial charge in [-0.1, -0.05) is 40.8 Å². The van der Waals surface area contributed by atoms with Crippen LogP contribution in [-0.4, -0.2) is 14.5 Å². The van der Waals surface area contributed by atoms with Gasteiger partial charge in [-0.25, -0.2) is 4.98 Å². The van der Waals surface area contributed by atoms with Crippen molar-refractivity contribution < 1.29 is 0 Å². The van der Waals surface area contributed by atoms with Gasteiger partial charge in [0, 0.05) is 17.2 Å². The first-order valence-corrected chi connectivity index (χ1v) is 9.45. The lowest BCUT2D eigenvalue weighted by Gasteiger charge is -2.20. The quantitative estimate of drug-likeness (QED) is 0.458. The smallest absolute Gasteiger partial charge is 0.258 e. The van der Waals surface area contributed by atoms with Gasteiger partial charge in [0.25, 0.3) is 5.56 Å². The van der Waals surface area contributed by atoms with Crippen molar-refractivity contribution in [3.63, 3.8) is 0 Å². The number of halogens is 1. The number of hydrogen-bond donors (Lipinski definition) is 2. The molecule has 132 valence electrons. The van der Waals surface area contributed by atoms with E-state index in [1.54, 1.807) is 11.6 Å². The second-order valence-electron chi connectivity index (χ2n) is 5.92. The average Bonchev–Trinajstić information content (AvgIpc) is 2.64. The molecule has 0 saturated carbocycles. The molecule has 1 aromatic carbocycles. The number of fused-ring (bicyclic) bond motifs is 1. The predicted octanol–water partition coefficient (Wildman–Crippen LogP) is 2.89. The van der Waals surface area contributed by atoms with E-state index in [1.807, 2.05) is 37.3 Å². The number of alkyl halides is 1. The Morgan fingerprint density at radius 3 is 2.92 bits per heavy atom. The molecule has 0 bridgehead atoms. The van der Waals surface area contributed by atoms with Gasteiger partial charge in [-0.05, 0) is 23.9 Å². The fraction of sp³-hybridized carbons (Fsp3) is 0.222. The average molecular weight is 460 g/mol. The highest BCUT2D eigenvalue weighted by atomic mass is 127. The van der Waals surface area contributed by atoms with Crippen molar-refractivity contribution in [2.45, 2.75) is 17.4 Å². The fourth-order valence-corrected chi connectivity index (χ4v) is 3.57. The molecule has 0 saturated heterocycles. The zero-order chi connectivity index (χ0) is 18.8. The number of benzene rings is 1. The fourth-order valence-electron chi connectivity index (χ4n) is 2.94. The Kier molecular flexibility index (Phi) is 5.08. The molecule has 2 aromatic heterocycles. The van der Waals surface area contributed by atoms with Gasteiger partial charge in [0.1, 0.15) is 17.5 Å². The van der Waals surface area contributed by atoms with E-state index in [1.165, 1.54) is 6.20 Å². The summed E-state index contributed by atoms with van der Waals surface area (Å²) >= 11 is 2.26. The van der Waals surface area contributed by atoms with Crippen molar-refractivity contribution in [3.8, 4) is 6.07 Å². The van der Waals surface area contributed by atoms with Gasteiger partial charge in [-0.3, -0.25) is 4.79 Å². The molecule has 0 spiro atoms. The number of hydrogen-bond acceptors (Lipinski definition) is 6. The summed E-state index contributed by atoms with van der Waals surface area (Å²) in [5.74, 6) is 0.429. The molecular weight excluding hydrogens is 443 g/mol. The molecule has 0 radical (unpaired) electrons. The van der Waals surface area contributed by atoms with Gasteiger partial charge >= 0.3 is 0 Å². The van der Waals surface area contributed by atoms with Crippen molar-refractivity contribution in [2.24, 2.45) is 7.05 Å². The van der Waals surface area contributed by atoms with Crippen molar-refractivity contribution in [2.75, 3.05) is 11.1 Å². The summed E-state index contributed by atoms with van der Waals surface area (Å²) < 4.78 is 2.40. The van der Waals surface area contributed by atoms with Gasteiger partial charge in [0.15, 0.2) is 0 Å². The van der Waals surface area contributed by atoms with E-state index in [4.69, 9.17) is 5.73 Å². The highest BCUT2D eigenvalue weighted by Crippen LogP contribution is 2.24. The van der Waals surface area contributed by atoms with Gasteiger partial charge in [-0.2, -0.15) is 10.2 Å². The molecule has 0 fully saturated rings. The summed E-state index contributed by atoms with van der Waals surface area (Å²) in [6, 6.07) is 9.63. The second kappa shape index (κ2) is 7.29. The van der Waals surface area contributed by atoms with E-state index in [0.717, 1.165) is 26.5 Å². The van der Waals surface area contributed by atoms with Gasteiger partial charge in [0.05, 0.1) is 17.6 Å². The molecule has 3 aromatic rings. The van der Waals surface area contributed by atoms with Crippen LogP contribution in [0.15, 0.2) is 35.3 Å². The van der Waals surface area contributed by atoms with E-state index in [2.05, 4.69) is 37.9 Å². The Morgan fingerprint density at radius 1 is 1.46 bits per heavy atom. The molecule has 7 nitrogen and oxygen atoms in total. The number of anilines is 2. The SMILES string of the molecule is C[C@H](Nc1nc(N)ncc1C#N)c1cc2cccc(CI)c2c(=O)n1C. The predicted molar refractivity (Wildman–Crippen MR) is 110 cm³/mol. The normalized spacial score (nSPS) is 11.9. The maximum Gasteiger partial charge on any atom is 0.258 e. The van der Waals surface area contributed by atoms with Crippen molar-refractivity contribution in [1.29, 1.82) is 5.26 Å². The molecule has 26 heavy (non-hydrogen) atoms. The minimum absolute atomic E-state index is 0.0406. The van der Waals surface area contributed by atoms with Gasteiger partial charge in [0.2, 0.25) is 5.95 Å². The molecule has 1 atom stereocenters. The number of nitrogens with two attached hydrogens (primary N) is 1.